The van der Waals surface area contributed by atoms with Crippen molar-refractivity contribution in [1.82, 2.24) is 0 Å². The van der Waals surface area contributed by atoms with Crippen molar-refractivity contribution >= 4 is 0 Å². The molecule has 0 N–H and O–H groups in total. The SMILES string of the molecule is CC=C(C)OCCCCCCCCCCCCCCCCCCC. The topological polar surface area (TPSA) is 9.23 Å². The summed E-state index contributed by atoms with van der Waals surface area (Å²) in [5.74, 6) is 1.06. The Labute approximate surface area is 153 Å². The van der Waals surface area contributed by atoms with Crippen LogP contribution in [0.2, 0.25) is 0 Å². The van der Waals surface area contributed by atoms with Gasteiger partial charge in [-0.1, -0.05) is 116 Å². The highest BCUT2D eigenvalue weighted by molar-refractivity contribution is 4.83. The average molecular weight is 339 g/mol. The number of hydrogen-bond acceptors (Lipinski definition) is 1. The molecule has 0 rings (SSSR count). The summed E-state index contributed by atoms with van der Waals surface area (Å²) < 4.78 is 5.58. The van der Waals surface area contributed by atoms with Crippen molar-refractivity contribution in [1.29, 1.82) is 0 Å². The highest BCUT2D eigenvalue weighted by atomic mass is 16.5. The van der Waals surface area contributed by atoms with Gasteiger partial charge in [-0.2, -0.15) is 0 Å². The molecule has 0 bridgehead atoms. The van der Waals surface area contributed by atoms with Crippen molar-refractivity contribution in [3.63, 3.8) is 0 Å². The van der Waals surface area contributed by atoms with Crippen molar-refractivity contribution in [3.8, 4) is 0 Å². The van der Waals surface area contributed by atoms with Gasteiger partial charge in [0.25, 0.3) is 0 Å². The van der Waals surface area contributed by atoms with Crippen molar-refractivity contribution < 1.29 is 4.74 Å². The second kappa shape index (κ2) is 20.6. The molecular weight excluding hydrogens is 292 g/mol. The van der Waals surface area contributed by atoms with Crippen molar-refractivity contribution in [2.75, 3.05) is 6.61 Å². The lowest BCUT2D eigenvalue weighted by Crippen LogP contribution is -1.92. The van der Waals surface area contributed by atoms with E-state index in [1.165, 1.54) is 109 Å². The quantitative estimate of drug-likeness (QED) is 0.169. The molecule has 0 amide bonds. The summed E-state index contributed by atoms with van der Waals surface area (Å²) in [6, 6.07) is 0. The van der Waals surface area contributed by atoms with E-state index in [0.29, 0.717) is 0 Å². The number of unbranched alkanes of at least 4 members (excludes halogenated alkanes) is 16. The van der Waals surface area contributed by atoms with Crippen LogP contribution < -0.4 is 0 Å². The van der Waals surface area contributed by atoms with Crippen LogP contribution in [0.15, 0.2) is 11.8 Å². The van der Waals surface area contributed by atoms with Gasteiger partial charge in [0.05, 0.1) is 12.4 Å². The Kier molecular flexibility index (Phi) is 20.2. The Morgan fingerprint density at radius 2 is 0.917 bits per heavy atom. The van der Waals surface area contributed by atoms with Crippen molar-refractivity contribution in [2.45, 2.75) is 130 Å². The molecule has 0 aliphatic carbocycles. The lowest BCUT2D eigenvalue weighted by atomic mass is 10.0. The van der Waals surface area contributed by atoms with Crippen LogP contribution >= 0.6 is 0 Å². The molecule has 0 atom stereocenters. The maximum atomic E-state index is 5.58. The zero-order valence-corrected chi connectivity index (χ0v) is 17.2. The molecule has 0 aliphatic heterocycles. The third-order valence-corrected chi connectivity index (χ3v) is 4.98. The third-order valence-electron chi connectivity index (χ3n) is 4.98. The molecular formula is C23H46O. The Bertz CT molecular complexity index is 257. The normalized spacial score (nSPS) is 11.9. The number of hydrogen-bond donors (Lipinski definition) is 0. The second-order valence-corrected chi connectivity index (χ2v) is 7.40. The number of allylic oxidation sites excluding steroid dienone is 2. The molecule has 1 nitrogen and oxygen atoms in total. The summed E-state index contributed by atoms with van der Waals surface area (Å²) in [6.45, 7) is 7.26. The molecule has 0 radical (unpaired) electrons. The van der Waals surface area contributed by atoms with Crippen LogP contribution in [-0.4, -0.2) is 6.61 Å². The van der Waals surface area contributed by atoms with Gasteiger partial charge in [-0.25, -0.2) is 0 Å². The summed E-state index contributed by atoms with van der Waals surface area (Å²) in [5.41, 5.74) is 0. The maximum Gasteiger partial charge on any atom is 0.0886 e. The molecule has 0 saturated heterocycles. The molecule has 0 fully saturated rings. The molecule has 0 aromatic heterocycles. The van der Waals surface area contributed by atoms with E-state index in [1.807, 2.05) is 19.9 Å². The van der Waals surface area contributed by atoms with E-state index in [1.54, 1.807) is 0 Å². The van der Waals surface area contributed by atoms with Crippen molar-refractivity contribution in [2.24, 2.45) is 0 Å². The van der Waals surface area contributed by atoms with Crippen LogP contribution in [0.25, 0.3) is 0 Å². The molecule has 144 valence electrons. The monoisotopic (exact) mass is 338 g/mol. The van der Waals surface area contributed by atoms with Gasteiger partial charge < -0.3 is 4.74 Å². The zero-order valence-electron chi connectivity index (χ0n) is 17.2. The molecule has 0 heterocycles. The van der Waals surface area contributed by atoms with Gasteiger partial charge in [0.15, 0.2) is 0 Å². The van der Waals surface area contributed by atoms with Gasteiger partial charge in [-0.3, -0.25) is 0 Å². The first-order valence-corrected chi connectivity index (χ1v) is 11.1. The summed E-state index contributed by atoms with van der Waals surface area (Å²) in [5, 5.41) is 0. The molecule has 0 aromatic rings. The molecule has 0 saturated carbocycles. The van der Waals surface area contributed by atoms with E-state index in [2.05, 4.69) is 6.92 Å². The fourth-order valence-electron chi connectivity index (χ4n) is 3.14. The van der Waals surface area contributed by atoms with Crippen LogP contribution in [0.1, 0.15) is 130 Å². The van der Waals surface area contributed by atoms with Crippen LogP contribution in [0.5, 0.6) is 0 Å². The molecule has 0 aromatic carbocycles. The van der Waals surface area contributed by atoms with Gasteiger partial charge in [-0.15, -0.1) is 0 Å². The fraction of sp³-hybridized carbons (Fsp3) is 0.913. The summed E-state index contributed by atoms with van der Waals surface area (Å²) >= 11 is 0. The van der Waals surface area contributed by atoms with Gasteiger partial charge >= 0.3 is 0 Å². The summed E-state index contributed by atoms with van der Waals surface area (Å²) in [4.78, 5) is 0. The number of ether oxygens (including phenoxy) is 1. The first-order valence-electron chi connectivity index (χ1n) is 11.1. The molecule has 0 aliphatic rings. The summed E-state index contributed by atoms with van der Waals surface area (Å²) in [7, 11) is 0. The third kappa shape index (κ3) is 19.6. The van der Waals surface area contributed by atoms with E-state index >= 15 is 0 Å². The average Bonchev–Trinajstić information content (AvgIpc) is 2.60. The maximum absolute atomic E-state index is 5.58. The highest BCUT2D eigenvalue weighted by Crippen LogP contribution is 2.14. The number of rotatable bonds is 19. The Balaban J connectivity index is 3.00. The fourth-order valence-corrected chi connectivity index (χ4v) is 3.14. The van der Waals surface area contributed by atoms with Gasteiger partial charge in [-0.05, 0) is 20.3 Å². The van der Waals surface area contributed by atoms with Gasteiger partial charge in [0, 0.05) is 0 Å². The molecule has 1 heteroatoms. The van der Waals surface area contributed by atoms with E-state index in [4.69, 9.17) is 4.74 Å². The second-order valence-electron chi connectivity index (χ2n) is 7.40. The first kappa shape index (κ1) is 23.5. The van der Waals surface area contributed by atoms with E-state index in [0.717, 1.165) is 12.4 Å². The Morgan fingerprint density at radius 1 is 0.583 bits per heavy atom. The predicted molar refractivity (Wildman–Crippen MR) is 110 cm³/mol. The lowest BCUT2D eigenvalue weighted by molar-refractivity contribution is 0.206. The van der Waals surface area contributed by atoms with Crippen LogP contribution in [0, 0.1) is 0 Å². The molecule has 0 spiro atoms. The smallest absolute Gasteiger partial charge is 0.0886 e. The molecule has 0 unspecified atom stereocenters. The highest BCUT2D eigenvalue weighted by Gasteiger charge is 1.95. The van der Waals surface area contributed by atoms with Crippen LogP contribution in [-0.2, 0) is 4.74 Å². The summed E-state index contributed by atoms with van der Waals surface area (Å²) in [6.07, 6.45) is 26.3. The zero-order chi connectivity index (χ0) is 17.7. The lowest BCUT2D eigenvalue weighted by Gasteiger charge is -2.06. The minimum absolute atomic E-state index is 0.898. The van der Waals surface area contributed by atoms with E-state index < -0.39 is 0 Å². The Hall–Kier alpha value is -0.460. The van der Waals surface area contributed by atoms with E-state index in [9.17, 15) is 0 Å². The molecule has 24 heavy (non-hydrogen) atoms. The van der Waals surface area contributed by atoms with E-state index in [-0.39, 0.29) is 0 Å². The van der Waals surface area contributed by atoms with Crippen LogP contribution in [0.3, 0.4) is 0 Å². The van der Waals surface area contributed by atoms with Gasteiger partial charge in [0.1, 0.15) is 0 Å². The van der Waals surface area contributed by atoms with Gasteiger partial charge in [0.2, 0.25) is 0 Å². The first-order chi connectivity index (χ1) is 11.8. The van der Waals surface area contributed by atoms with Crippen molar-refractivity contribution in [3.05, 3.63) is 11.8 Å². The predicted octanol–water partition coefficient (Wildman–Crippen LogP) is 8.58. The minimum atomic E-state index is 0.898. The Morgan fingerprint density at radius 3 is 1.25 bits per heavy atom. The minimum Gasteiger partial charge on any atom is -0.499 e. The largest absolute Gasteiger partial charge is 0.499 e. The standard InChI is InChI=1S/C23H46O/c1-4-6-7-8-9-10-11-12-13-14-15-16-17-18-19-20-21-22-24-23(3)5-2/h5H,4,6-22H2,1-3H3. The van der Waals surface area contributed by atoms with Crippen LogP contribution in [0.4, 0.5) is 0 Å².